The minimum atomic E-state index is -0.414. The van der Waals surface area contributed by atoms with E-state index in [9.17, 15) is 9.90 Å². The predicted molar refractivity (Wildman–Crippen MR) is 135 cm³/mol. The number of nitrogens with zero attached hydrogens (tertiary/aromatic N) is 2. The van der Waals surface area contributed by atoms with E-state index in [1.165, 1.54) is 11.3 Å². The number of fused-ring (bicyclic) bond motifs is 2. The van der Waals surface area contributed by atoms with Gasteiger partial charge in [0.1, 0.15) is 11.1 Å². The maximum absolute atomic E-state index is 10.3. The zero-order valence-corrected chi connectivity index (χ0v) is 23.6. The van der Waals surface area contributed by atoms with Crippen LogP contribution in [0, 0.1) is 18.8 Å². The Bertz CT molecular complexity index is 997. The normalized spacial score (nSPS) is 11.0. The number of benzene rings is 2. The summed E-state index contributed by atoms with van der Waals surface area (Å²) in [6.07, 6.45) is 1.15. The first-order chi connectivity index (χ1) is 14.3. The maximum atomic E-state index is 10.3. The van der Waals surface area contributed by atoms with Gasteiger partial charge in [0.2, 0.25) is 0 Å². The first kappa shape index (κ1) is 31.1. The molecule has 1 atom stereocenters. The monoisotopic (exact) mass is 544 g/mol. The average Bonchev–Trinajstić information content (AvgIpc) is 3.31. The fraction of sp³-hybridized carbons (Fsp3) is 0.333. The maximum Gasteiger partial charge on any atom is 2.00 e. The molecule has 0 aliphatic carbocycles. The number of rotatable bonds is 4. The summed E-state index contributed by atoms with van der Waals surface area (Å²) in [5, 5.41) is 11.3. The van der Waals surface area contributed by atoms with Gasteiger partial charge in [0.15, 0.2) is 11.3 Å². The van der Waals surface area contributed by atoms with Gasteiger partial charge in [0.05, 0.1) is 20.4 Å². The molecule has 0 fully saturated rings. The molecule has 32 heavy (non-hydrogen) atoms. The summed E-state index contributed by atoms with van der Waals surface area (Å²) < 4.78 is 2.21. The molecule has 0 saturated carbocycles. The quantitative estimate of drug-likeness (QED) is 0.242. The number of aliphatic hydroxyl groups excluding tert-OH is 1. The standard InChI is InChI=1S/C12H15NOS.C8H5NOS.C4H9.BrH.Mg/c1-8(2)7-10(14)12-13-9-5-3-4-6-11(9)15-12;10-5-8-9-6-3-1-2-4-7(6)11-8;1-4(2)3;;/h3-6,8,10,14H,7H2,1-2H3;1-5H;4H,1H2,2-3H3;1H;/q;;-1;;+2/p-1. The first-order valence-electron chi connectivity index (χ1n) is 9.97. The van der Waals surface area contributed by atoms with E-state index in [-0.39, 0.29) is 40.0 Å². The number of halogens is 1. The van der Waals surface area contributed by atoms with E-state index in [4.69, 9.17) is 0 Å². The van der Waals surface area contributed by atoms with Crippen LogP contribution in [0.4, 0.5) is 0 Å². The molecule has 0 spiro atoms. The fourth-order valence-electron chi connectivity index (χ4n) is 2.52. The molecule has 1 unspecified atom stereocenters. The molecule has 2 aromatic heterocycles. The van der Waals surface area contributed by atoms with Crippen molar-refractivity contribution in [3.05, 3.63) is 65.5 Å². The molecule has 2 aromatic carbocycles. The van der Waals surface area contributed by atoms with Gasteiger partial charge in [0, 0.05) is 0 Å². The smallest absolute Gasteiger partial charge is 1.00 e. The van der Waals surface area contributed by atoms with Crippen LogP contribution in [0.5, 0.6) is 0 Å². The van der Waals surface area contributed by atoms with Gasteiger partial charge in [-0.15, -0.1) is 22.7 Å². The van der Waals surface area contributed by atoms with Gasteiger partial charge in [-0.05, 0) is 36.6 Å². The number of para-hydroxylation sites is 2. The molecule has 0 radical (unpaired) electrons. The van der Waals surface area contributed by atoms with E-state index in [0.29, 0.717) is 16.8 Å². The fourth-order valence-corrected chi connectivity index (χ4v) is 4.27. The summed E-state index contributed by atoms with van der Waals surface area (Å²) in [6.45, 7) is 12.0. The Labute approximate surface area is 225 Å². The molecule has 4 aromatic rings. The number of carbonyl (C=O) groups is 1. The molecule has 0 saturated heterocycles. The van der Waals surface area contributed by atoms with Crippen LogP contribution in [0.25, 0.3) is 20.4 Å². The van der Waals surface area contributed by atoms with Crippen molar-refractivity contribution in [1.82, 2.24) is 9.97 Å². The molecular formula is C24H29BrMgN2O2S2. The first-order valence-corrected chi connectivity index (χ1v) is 11.6. The summed E-state index contributed by atoms with van der Waals surface area (Å²) in [5.74, 6) is 1.08. The average molecular weight is 546 g/mol. The third-order valence-corrected chi connectivity index (χ3v) is 5.80. The number of hydrogen-bond donors (Lipinski definition) is 1. The summed E-state index contributed by atoms with van der Waals surface area (Å²) in [6, 6.07) is 15.7. The van der Waals surface area contributed by atoms with Crippen LogP contribution >= 0.6 is 22.7 Å². The van der Waals surface area contributed by atoms with Gasteiger partial charge in [-0.2, -0.15) is 5.92 Å². The van der Waals surface area contributed by atoms with E-state index in [2.05, 4.69) is 44.6 Å². The van der Waals surface area contributed by atoms with Crippen LogP contribution < -0.4 is 17.0 Å². The summed E-state index contributed by atoms with van der Waals surface area (Å²) in [7, 11) is 0. The molecule has 8 heteroatoms. The Morgan fingerprint density at radius 1 is 0.938 bits per heavy atom. The predicted octanol–water partition coefficient (Wildman–Crippen LogP) is 3.58. The Balaban J connectivity index is 0.000000502. The number of aldehydes is 1. The van der Waals surface area contributed by atoms with Crippen LogP contribution in [0.3, 0.4) is 0 Å². The van der Waals surface area contributed by atoms with Gasteiger partial charge < -0.3 is 29.0 Å². The Kier molecular flexibility index (Phi) is 15.4. The van der Waals surface area contributed by atoms with Crippen LogP contribution in [-0.2, 0) is 0 Å². The number of aromatic nitrogens is 2. The minimum Gasteiger partial charge on any atom is -1.00 e. The second kappa shape index (κ2) is 15.8. The molecule has 1 N–H and O–H groups in total. The van der Waals surface area contributed by atoms with Crippen molar-refractivity contribution in [2.75, 3.05) is 0 Å². The second-order valence-electron chi connectivity index (χ2n) is 7.70. The van der Waals surface area contributed by atoms with Crippen molar-refractivity contribution in [2.45, 2.75) is 40.2 Å². The Hall–Kier alpha value is -0.904. The topological polar surface area (TPSA) is 63.1 Å². The van der Waals surface area contributed by atoms with Crippen molar-refractivity contribution >= 4 is 72.4 Å². The third-order valence-electron chi connectivity index (χ3n) is 3.70. The number of aliphatic hydroxyl groups is 1. The van der Waals surface area contributed by atoms with E-state index < -0.39 is 6.10 Å². The van der Waals surface area contributed by atoms with Crippen molar-refractivity contribution in [3.63, 3.8) is 0 Å². The number of hydrogen-bond acceptors (Lipinski definition) is 6. The van der Waals surface area contributed by atoms with Crippen LogP contribution in [0.1, 0.15) is 55.0 Å². The van der Waals surface area contributed by atoms with Gasteiger partial charge in [-0.1, -0.05) is 52.0 Å². The molecule has 2 heterocycles. The Morgan fingerprint density at radius 2 is 1.41 bits per heavy atom. The van der Waals surface area contributed by atoms with E-state index in [1.54, 1.807) is 11.3 Å². The van der Waals surface area contributed by atoms with Crippen LogP contribution in [0.15, 0.2) is 48.5 Å². The SMILES string of the molecule is CC(C)CC(O)c1nc2ccccc2s1.O=Cc1nc2ccccc2s1.[Br-].[CH2-]C(C)C.[Mg+2]. The van der Waals surface area contributed by atoms with Gasteiger partial charge in [-0.25, -0.2) is 9.97 Å². The second-order valence-corrected chi connectivity index (χ2v) is 9.82. The van der Waals surface area contributed by atoms with Gasteiger partial charge in [0.25, 0.3) is 0 Å². The van der Waals surface area contributed by atoms with E-state index >= 15 is 0 Å². The van der Waals surface area contributed by atoms with Gasteiger partial charge >= 0.3 is 23.1 Å². The molecule has 168 valence electrons. The van der Waals surface area contributed by atoms with Crippen LogP contribution in [0.2, 0.25) is 0 Å². The van der Waals surface area contributed by atoms with Crippen molar-refractivity contribution in [1.29, 1.82) is 0 Å². The van der Waals surface area contributed by atoms with Crippen molar-refractivity contribution in [3.8, 4) is 0 Å². The van der Waals surface area contributed by atoms with E-state index in [0.717, 1.165) is 38.1 Å². The van der Waals surface area contributed by atoms with Crippen LogP contribution in [-0.4, -0.2) is 44.4 Å². The molecule has 4 rings (SSSR count). The number of thiazole rings is 2. The molecule has 0 aliphatic heterocycles. The molecule has 0 aliphatic rings. The molecule has 4 nitrogen and oxygen atoms in total. The van der Waals surface area contributed by atoms with E-state index in [1.807, 2.05) is 48.5 Å². The summed E-state index contributed by atoms with van der Waals surface area (Å²) >= 11 is 3.00. The number of carbonyl (C=O) groups excluding carboxylic acids is 1. The third kappa shape index (κ3) is 10.4. The summed E-state index contributed by atoms with van der Waals surface area (Å²) in [4.78, 5) is 18.8. The summed E-state index contributed by atoms with van der Waals surface area (Å²) in [5.41, 5.74) is 1.89. The van der Waals surface area contributed by atoms with Gasteiger partial charge in [-0.3, -0.25) is 4.79 Å². The zero-order chi connectivity index (χ0) is 22.1. The molecule has 0 amide bonds. The minimum absolute atomic E-state index is 0. The van der Waals surface area contributed by atoms with Crippen molar-refractivity contribution in [2.24, 2.45) is 11.8 Å². The zero-order valence-electron chi connectivity index (χ0n) is 19.0. The largest absolute Gasteiger partial charge is 2.00 e. The molecular weight excluding hydrogens is 517 g/mol. The van der Waals surface area contributed by atoms with Crippen molar-refractivity contribution < 1.29 is 26.9 Å². The molecule has 0 bridgehead atoms. The Morgan fingerprint density at radius 3 is 1.84 bits per heavy atom.